The lowest BCUT2D eigenvalue weighted by molar-refractivity contribution is 0.102. The predicted octanol–water partition coefficient (Wildman–Crippen LogP) is 4.22. The van der Waals surface area contributed by atoms with Crippen LogP contribution < -0.4 is 24.3 Å². The molecule has 0 radical (unpaired) electrons. The lowest BCUT2D eigenvalue weighted by Crippen LogP contribution is -2.34. The molecule has 2 N–H and O–H groups in total. The normalized spacial score (nSPS) is 19.9. The van der Waals surface area contributed by atoms with E-state index in [-0.39, 0.29) is 29.9 Å². The molecule has 2 heterocycles. The average Bonchev–Trinajstić information content (AvgIpc) is 2.96. The van der Waals surface area contributed by atoms with Gasteiger partial charge >= 0.3 is 0 Å². The molecule has 1 fully saturated rings. The summed E-state index contributed by atoms with van der Waals surface area (Å²) in [6, 6.07) is 14.7. The van der Waals surface area contributed by atoms with Crippen LogP contribution in [-0.2, 0) is 0 Å². The van der Waals surface area contributed by atoms with E-state index in [0.717, 1.165) is 35.2 Å². The van der Waals surface area contributed by atoms with E-state index in [2.05, 4.69) is 10.3 Å². The highest BCUT2D eigenvalue weighted by Crippen LogP contribution is 2.45. The van der Waals surface area contributed by atoms with Crippen molar-refractivity contribution in [3.63, 3.8) is 0 Å². The molecule has 9 heteroatoms. The summed E-state index contributed by atoms with van der Waals surface area (Å²) < 4.78 is 21.6. The van der Waals surface area contributed by atoms with E-state index in [1.54, 1.807) is 38.5 Å². The Hall–Kier alpha value is -4.11. The number of nitrogens with zero attached hydrogens (tertiary/aromatic N) is 2. The first-order valence-corrected chi connectivity index (χ1v) is 12.5. The molecule has 3 atom stereocenters. The van der Waals surface area contributed by atoms with E-state index < -0.39 is 0 Å². The molecule has 1 aromatic heterocycles. The summed E-state index contributed by atoms with van der Waals surface area (Å²) in [5.74, 6) is 1.74. The fourth-order valence-corrected chi connectivity index (χ4v) is 5.25. The minimum Gasteiger partial charge on any atom is -0.493 e. The van der Waals surface area contributed by atoms with E-state index in [0.29, 0.717) is 35.1 Å². The van der Waals surface area contributed by atoms with Crippen LogP contribution in [-0.4, -0.2) is 62.3 Å². The Balaban J connectivity index is 1.46. The zero-order valence-corrected chi connectivity index (χ0v) is 21.9. The molecule has 0 spiro atoms. The largest absolute Gasteiger partial charge is 0.493 e. The number of aliphatic hydroxyl groups is 1. The minimum absolute atomic E-state index is 0.0667. The average molecular weight is 518 g/mol. The summed E-state index contributed by atoms with van der Waals surface area (Å²) in [6.45, 7) is 0. The van der Waals surface area contributed by atoms with Gasteiger partial charge in [-0.15, -0.1) is 0 Å². The molecular weight excluding hydrogens is 486 g/mol. The zero-order chi connectivity index (χ0) is 26.8. The van der Waals surface area contributed by atoms with Crippen LogP contribution in [0.25, 0.3) is 0 Å². The summed E-state index contributed by atoms with van der Waals surface area (Å²) in [4.78, 5) is 22.3. The number of pyridine rings is 1. The molecule has 1 aliphatic heterocycles. The standard InChI is InChI=1S/C29H31N3O6/c1-35-24-14-19-20-13-18(33)9-10-22(20)30-27(21(19)15-25(24)36-2)16-5-7-17(8-6-16)28(34)31-23-11-12-26(37-3)32-29(23)38-4/h5-8,11-12,14-15,18,20,22,33H,9-10,13H2,1-4H3,(H,31,34)/t18-,20-,22-/m1/s1. The van der Waals surface area contributed by atoms with E-state index >= 15 is 0 Å². The Bertz CT molecular complexity index is 1370. The molecule has 0 bridgehead atoms. The van der Waals surface area contributed by atoms with Crippen LogP contribution in [0.15, 0.2) is 53.5 Å². The van der Waals surface area contributed by atoms with Crippen LogP contribution in [0.5, 0.6) is 23.3 Å². The number of methoxy groups -OCH3 is 4. The summed E-state index contributed by atoms with van der Waals surface area (Å²) in [5.41, 5.74) is 4.70. The maximum absolute atomic E-state index is 13.0. The second-order valence-electron chi connectivity index (χ2n) is 9.35. The SMILES string of the molecule is COc1ccc(NC(=O)c2ccc(C3=N[C@@H]4CC[C@@H](O)C[C@@H]4c4cc(OC)c(OC)cc43)cc2)c(OC)n1. The van der Waals surface area contributed by atoms with Crippen LogP contribution in [0.3, 0.4) is 0 Å². The summed E-state index contributed by atoms with van der Waals surface area (Å²) >= 11 is 0. The molecular formula is C29H31N3O6. The lowest BCUT2D eigenvalue weighted by atomic mass is 9.74. The Kier molecular flexibility index (Phi) is 7.20. The lowest BCUT2D eigenvalue weighted by Gasteiger charge is -2.37. The fraction of sp³-hybridized carbons (Fsp3) is 0.345. The highest BCUT2D eigenvalue weighted by Gasteiger charge is 2.37. The maximum atomic E-state index is 13.0. The number of carbonyl (C=O) groups is 1. The number of hydrogen-bond donors (Lipinski definition) is 2. The topological polar surface area (TPSA) is 112 Å². The third-order valence-corrected chi connectivity index (χ3v) is 7.20. The number of ether oxygens (including phenoxy) is 4. The second kappa shape index (κ2) is 10.7. The Morgan fingerprint density at radius 2 is 1.66 bits per heavy atom. The molecule has 1 saturated carbocycles. The van der Waals surface area contributed by atoms with Crippen molar-refractivity contribution in [3.8, 4) is 23.3 Å². The third-order valence-electron chi connectivity index (χ3n) is 7.20. The van der Waals surface area contributed by atoms with Gasteiger partial charge in [0.15, 0.2) is 11.5 Å². The number of fused-ring (bicyclic) bond motifs is 3. The third kappa shape index (κ3) is 4.77. The number of aromatic nitrogens is 1. The van der Waals surface area contributed by atoms with E-state index in [1.807, 2.05) is 24.3 Å². The highest BCUT2D eigenvalue weighted by atomic mass is 16.5. The molecule has 5 rings (SSSR count). The van der Waals surface area contributed by atoms with Crippen molar-refractivity contribution in [2.45, 2.75) is 37.3 Å². The van der Waals surface area contributed by atoms with Crippen molar-refractivity contribution < 1.29 is 28.8 Å². The van der Waals surface area contributed by atoms with Crippen LogP contribution in [0.4, 0.5) is 5.69 Å². The number of rotatable bonds is 7. The van der Waals surface area contributed by atoms with E-state index in [1.165, 1.54) is 14.2 Å². The number of aliphatic imine (C=N–C) groups is 1. The van der Waals surface area contributed by atoms with Gasteiger partial charge in [-0.2, -0.15) is 4.98 Å². The first kappa shape index (κ1) is 25.5. The number of amides is 1. The fourth-order valence-electron chi connectivity index (χ4n) is 5.25. The van der Waals surface area contributed by atoms with E-state index in [4.69, 9.17) is 23.9 Å². The number of anilines is 1. The summed E-state index contributed by atoms with van der Waals surface area (Å²) in [5, 5.41) is 13.2. The number of nitrogens with one attached hydrogen (secondary N) is 1. The van der Waals surface area contributed by atoms with E-state index in [9.17, 15) is 9.90 Å². The van der Waals surface area contributed by atoms with Crippen LogP contribution in [0.2, 0.25) is 0 Å². The number of hydrogen-bond acceptors (Lipinski definition) is 8. The zero-order valence-electron chi connectivity index (χ0n) is 21.9. The second-order valence-corrected chi connectivity index (χ2v) is 9.35. The van der Waals surface area contributed by atoms with Gasteiger partial charge in [0.2, 0.25) is 11.8 Å². The highest BCUT2D eigenvalue weighted by molar-refractivity contribution is 6.15. The minimum atomic E-state index is -0.341. The monoisotopic (exact) mass is 517 g/mol. The van der Waals surface area contributed by atoms with Crippen molar-refractivity contribution in [1.82, 2.24) is 4.98 Å². The smallest absolute Gasteiger partial charge is 0.255 e. The Labute approximate surface area is 221 Å². The molecule has 2 aliphatic rings. The van der Waals surface area contributed by atoms with Gasteiger partial charge in [0.1, 0.15) is 5.69 Å². The van der Waals surface area contributed by atoms with Crippen molar-refractivity contribution in [3.05, 3.63) is 70.8 Å². The number of aliphatic hydroxyl groups excluding tert-OH is 1. The van der Waals surface area contributed by atoms with Gasteiger partial charge in [0.05, 0.1) is 46.3 Å². The van der Waals surface area contributed by atoms with Gasteiger partial charge in [-0.1, -0.05) is 12.1 Å². The van der Waals surface area contributed by atoms with Gasteiger partial charge in [0, 0.05) is 28.7 Å². The number of carbonyl (C=O) groups excluding carboxylic acids is 1. The van der Waals surface area contributed by atoms with Crippen molar-refractivity contribution >= 4 is 17.3 Å². The molecule has 0 unspecified atom stereocenters. The van der Waals surface area contributed by atoms with Crippen LogP contribution in [0.1, 0.15) is 52.2 Å². The summed E-state index contributed by atoms with van der Waals surface area (Å²) in [7, 11) is 6.23. The molecule has 38 heavy (non-hydrogen) atoms. The van der Waals surface area contributed by atoms with Gasteiger partial charge in [-0.3, -0.25) is 9.79 Å². The first-order chi connectivity index (χ1) is 18.4. The number of benzene rings is 2. The maximum Gasteiger partial charge on any atom is 0.255 e. The van der Waals surface area contributed by atoms with Gasteiger partial charge in [0.25, 0.3) is 5.91 Å². The molecule has 198 valence electrons. The van der Waals surface area contributed by atoms with Gasteiger partial charge in [-0.25, -0.2) is 0 Å². The molecule has 1 amide bonds. The van der Waals surface area contributed by atoms with Crippen LogP contribution in [0, 0.1) is 0 Å². The van der Waals surface area contributed by atoms with Gasteiger partial charge < -0.3 is 29.4 Å². The Morgan fingerprint density at radius 1 is 0.921 bits per heavy atom. The predicted molar refractivity (Wildman–Crippen MR) is 143 cm³/mol. The van der Waals surface area contributed by atoms with Crippen LogP contribution >= 0.6 is 0 Å². The van der Waals surface area contributed by atoms with Crippen molar-refractivity contribution in [1.29, 1.82) is 0 Å². The molecule has 0 saturated heterocycles. The summed E-state index contributed by atoms with van der Waals surface area (Å²) in [6.07, 6.45) is 1.85. The quantitative estimate of drug-likeness (QED) is 0.483. The first-order valence-electron chi connectivity index (χ1n) is 12.5. The van der Waals surface area contributed by atoms with Crippen molar-refractivity contribution in [2.75, 3.05) is 33.8 Å². The Morgan fingerprint density at radius 3 is 2.34 bits per heavy atom. The van der Waals surface area contributed by atoms with Gasteiger partial charge in [-0.05, 0) is 55.2 Å². The molecule has 1 aliphatic carbocycles. The molecule has 9 nitrogen and oxygen atoms in total. The van der Waals surface area contributed by atoms with Crippen molar-refractivity contribution in [2.24, 2.45) is 4.99 Å². The molecule has 3 aromatic rings. The molecule has 2 aromatic carbocycles.